The van der Waals surface area contributed by atoms with Gasteiger partial charge < -0.3 is 4.42 Å². The molecule has 3 N–H and O–H groups in total. The van der Waals surface area contributed by atoms with Crippen molar-refractivity contribution >= 4 is 23.0 Å². The summed E-state index contributed by atoms with van der Waals surface area (Å²) in [5.41, 5.74) is 2.80. The maximum absolute atomic E-state index is 10.8. The molecule has 2 rings (SSSR count). The molecule has 0 aliphatic heterocycles. The van der Waals surface area contributed by atoms with Crippen LogP contribution in [0.1, 0.15) is 5.76 Å². The van der Waals surface area contributed by atoms with Gasteiger partial charge in [-0.2, -0.15) is 0 Å². The summed E-state index contributed by atoms with van der Waals surface area (Å²) in [7, 11) is 0. The first-order valence-electron chi connectivity index (χ1n) is 4.47. The van der Waals surface area contributed by atoms with Gasteiger partial charge in [0.25, 0.3) is 5.91 Å². The molecule has 0 unspecified atom stereocenters. The highest BCUT2D eigenvalue weighted by molar-refractivity contribution is 5.91. The van der Waals surface area contributed by atoms with E-state index >= 15 is 0 Å². The van der Waals surface area contributed by atoms with Crippen LogP contribution >= 0.6 is 0 Å². The molecule has 1 aromatic heterocycles. The van der Waals surface area contributed by atoms with Crippen LogP contribution in [0, 0.1) is 0 Å². The number of rotatable bonds is 2. The first kappa shape index (κ1) is 9.48. The topological polar surface area (TPSA) is 68.3 Å². The monoisotopic (exact) mass is 202 g/mol. The zero-order valence-corrected chi connectivity index (χ0v) is 7.94. The van der Waals surface area contributed by atoms with Crippen LogP contribution in [0.2, 0.25) is 0 Å². The van der Waals surface area contributed by atoms with Crippen molar-refractivity contribution in [1.29, 1.82) is 0 Å². The van der Waals surface area contributed by atoms with E-state index in [2.05, 4.69) is 0 Å². The van der Waals surface area contributed by atoms with E-state index in [4.69, 9.17) is 10.3 Å². The van der Waals surface area contributed by atoms with Gasteiger partial charge in [0.1, 0.15) is 11.3 Å². The zero-order valence-electron chi connectivity index (χ0n) is 7.94. The van der Waals surface area contributed by atoms with Gasteiger partial charge in [0.2, 0.25) is 0 Å². The lowest BCUT2D eigenvalue weighted by Crippen LogP contribution is -2.27. The number of benzene rings is 1. The zero-order chi connectivity index (χ0) is 10.7. The average Bonchev–Trinajstić information content (AvgIpc) is 2.68. The number of para-hydroxylation sites is 1. The van der Waals surface area contributed by atoms with E-state index in [1.165, 1.54) is 6.08 Å². The summed E-state index contributed by atoms with van der Waals surface area (Å²) in [6, 6.07) is 9.49. The average molecular weight is 202 g/mol. The van der Waals surface area contributed by atoms with Gasteiger partial charge >= 0.3 is 0 Å². The van der Waals surface area contributed by atoms with Crippen LogP contribution in [0.25, 0.3) is 17.0 Å². The second-order valence-electron chi connectivity index (χ2n) is 3.03. The van der Waals surface area contributed by atoms with Crippen LogP contribution in [0.5, 0.6) is 0 Å². The molecule has 1 heterocycles. The van der Waals surface area contributed by atoms with Gasteiger partial charge in [0.15, 0.2) is 0 Å². The number of furan rings is 1. The number of nitrogens with two attached hydrogens (primary N) is 1. The predicted molar refractivity (Wildman–Crippen MR) is 57.6 cm³/mol. The van der Waals surface area contributed by atoms with Gasteiger partial charge in [-0.1, -0.05) is 18.2 Å². The summed E-state index contributed by atoms with van der Waals surface area (Å²) in [5.74, 6) is 5.19. The van der Waals surface area contributed by atoms with E-state index in [0.29, 0.717) is 5.76 Å². The highest BCUT2D eigenvalue weighted by Gasteiger charge is 1.99. The first-order chi connectivity index (χ1) is 7.29. The van der Waals surface area contributed by atoms with Crippen molar-refractivity contribution in [2.45, 2.75) is 0 Å². The molecule has 0 aliphatic rings. The minimum absolute atomic E-state index is 0.365. The molecule has 0 atom stereocenters. The fraction of sp³-hybridized carbons (Fsp3) is 0. The van der Waals surface area contributed by atoms with Crippen molar-refractivity contribution in [2.75, 3.05) is 0 Å². The Kier molecular flexibility index (Phi) is 2.51. The second kappa shape index (κ2) is 3.98. The van der Waals surface area contributed by atoms with Crippen LogP contribution in [0.4, 0.5) is 0 Å². The molecule has 2 aromatic rings. The van der Waals surface area contributed by atoms with Crippen molar-refractivity contribution in [1.82, 2.24) is 5.43 Å². The van der Waals surface area contributed by atoms with E-state index in [1.807, 2.05) is 35.8 Å². The summed E-state index contributed by atoms with van der Waals surface area (Å²) in [4.78, 5) is 10.8. The fourth-order valence-electron chi connectivity index (χ4n) is 1.29. The molecule has 0 aliphatic carbocycles. The Hall–Kier alpha value is -2.07. The molecule has 1 amide bonds. The van der Waals surface area contributed by atoms with Crippen molar-refractivity contribution in [3.8, 4) is 0 Å². The molecular weight excluding hydrogens is 192 g/mol. The van der Waals surface area contributed by atoms with Gasteiger partial charge in [0, 0.05) is 11.5 Å². The number of hydrogen-bond donors (Lipinski definition) is 2. The number of nitrogens with one attached hydrogen (secondary N) is 1. The van der Waals surface area contributed by atoms with Gasteiger partial charge in [-0.3, -0.25) is 10.2 Å². The number of hydrazine groups is 1. The molecule has 0 saturated heterocycles. The number of hydrogen-bond acceptors (Lipinski definition) is 3. The molecule has 4 nitrogen and oxygen atoms in total. The number of carbonyl (C=O) groups excluding carboxylic acids is 1. The lowest BCUT2D eigenvalue weighted by atomic mass is 10.2. The molecule has 4 heteroatoms. The number of fused-ring (bicyclic) bond motifs is 1. The second-order valence-corrected chi connectivity index (χ2v) is 3.03. The third-order valence-corrected chi connectivity index (χ3v) is 1.99. The maximum Gasteiger partial charge on any atom is 0.258 e. The van der Waals surface area contributed by atoms with Crippen LogP contribution in [-0.2, 0) is 4.79 Å². The molecule has 1 aromatic carbocycles. The first-order valence-corrected chi connectivity index (χ1v) is 4.47. The minimum atomic E-state index is -0.365. The van der Waals surface area contributed by atoms with Crippen molar-refractivity contribution in [3.05, 3.63) is 42.2 Å². The van der Waals surface area contributed by atoms with Crippen LogP contribution in [0.15, 0.2) is 40.8 Å². The Bertz CT molecular complexity index is 481. The highest BCUT2D eigenvalue weighted by Crippen LogP contribution is 2.19. The van der Waals surface area contributed by atoms with Crippen LogP contribution in [0.3, 0.4) is 0 Å². The summed E-state index contributed by atoms with van der Waals surface area (Å²) < 4.78 is 5.46. The Morgan fingerprint density at radius 1 is 1.40 bits per heavy atom. The smallest absolute Gasteiger partial charge is 0.258 e. The Labute approximate surface area is 86.3 Å². The van der Waals surface area contributed by atoms with Crippen molar-refractivity contribution in [2.24, 2.45) is 5.84 Å². The standard InChI is InChI=1S/C11H10N2O2/c12-13-11(14)6-5-9-7-8-3-1-2-4-10(8)15-9/h1-7H,12H2,(H,13,14). The van der Waals surface area contributed by atoms with Crippen LogP contribution in [-0.4, -0.2) is 5.91 Å². The molecule has 0 fully saturated rings. The summed E-state index contributed by atoms with van der Waals surface area (Å²) >= 11 is 0. The normalized spacial score (nSPS) is 11.0. The van der Waals surface area contributed by atoms with E-state index < -0.39 is 0 Å². The van der Waals surface area contributed by atoms with E-state index in [9.17, 15) is 4.79 Å². The molecule has 0 bridgehead atoms. The molecule has 0 saturated carbocycles. The quantitative estimate of drug-likeness (QED) is 0.335. The van der Waals surface area contributed by atoms with Crippen LogP contribution < -0.4 is 11.3 Å². The van der Waals surface area contributed by atoms with Gasteiger partial charge in [-0.15, -0.1) is 0 Å². The Morgan fingerprint density at radius 3 is 2.93 bits per heavy atom. The number of amides is 1. The lowest BCUT2D eigenvalue weighted by Gasteiger charge is -1.87. The molecule has 15 heavy (non-hydrogen) atoms. The predicted octanol–water partition coefficient (Wildman–Crippen LogP) is 1.44. The van der Waals surface area contributed by atoms with Crippen molar-refractivity contribution < 1.29 is 9.21 Å². The summed E-state index contributed by atoms with van der Waals surface area (Å²) in [5, 5.41) is 1.00. The molecule has 76 valence electrons. The molecule has 0 radical (unpaired) electrons. The third-order valence-electron chi connectivity index (χ3n) is 1.99. The Balaban J connectivity index is 2.29. The highest BCUT2D eigenvalue weighted by atomic mass is 16.3. The van der Waals surface area contributed by atoms with Gasteiger partial charge in [0.05, 0.1) is 0 Å². The Morgan fingerprint density at radius 2 is 2.20 bits per heavy atom. The minimum Gasteiger partial charge on any atom is -0.457 e. The summed E-state index contributed by atoms with van der Waals surface area (Å²) in [6.07, 6.45) is 2.89. The third kappa shape index (κ3) is 2.05. The number of carbonyl (C=O) groups is 1. The SMILES string of the molecule is NNC(=O)C=Cc1cc2ccccc2o1. The lowest BCUT2D eigenvalue weighted by molar-refractivity contribution is -0.116. The van der Waals surface area contributed by atoms with E-state index in [1.54, 1.807) is 6.08 Å². The fourth-order valence-corrected chi connectivity index (χ4v) is 1.29. The van der Waals surface area contributed by atoms with E-state index in [0.717, 1.165) is 11.0 Å². The van der Waals surface area contributed by atoms with E-state index in [-0.39, 0.29) is 5.91 Å². The maximum atomic E-state index is 10.8. The van der Waals surface area contributed by atoms with Gasteiger partial charge in [-0.05, 0) is 18.2 Å². The largest absolute Gasteiger partial charge is 0.457 e. The summed E-state index contributed by atoms with van der Waals surface area (Å²) in [6.45, 7) is 0. The molecule has 0 spiro atoms. The molecular formula is C11H10N2O2. The van der Waals surface area contributed by atoms with Crippen molar-refractivity contribution in [3.63, 3.8) is 0 Å². The van der Waals surface area contributed by atoms with Gasteiger partial charge in [-0.25, -0.2) is 5.84 Å².